The molecule has 1 unspecified atom stereocenters. The van der Waals surface area contributed by atoms with Gasteiger partial charge in [0.25, 0.3) is 0 Å². The Kier molecular flexibility index (Phi) is 4.76. The van der Waals surface area contributed by atoms with Crippen LogP contribution < -0.4 is 0 Å². The molecule has 0 bridgehead atoms. The van der Waals surface area contributed by atoms with Crippen LogP contribution in [-0.4, -0.2) is 30.3 Å². The maximum atomic E-state index is 4.53. The van der Waals surface area contributed by atoms with Crippen molar-refractivity contribution >= 4 is 12.6 Å². The van der Waals surface area contributed by atoms with Gasteiger partial charge in [-0.3, -0.25) is 0 Å². The van der Waals surface area contributed by atoms with Crippen LogP contribution in [0.1, 0.15) is 47.5 Å². The molecule has 0 aliphatic carbocycles. The fraction of sp³-hybridized carbons (Fsp3) is 1.00. The van der Waals surface area contributed by atoms with Crippen molar-refractivity contribution in [3.63, 3.8) is 0 Å². The maximum absolute atomic E-state index is 4.53. The highest BCUT2D eigenvalue weighted by molar-refractivity contribution is 7.80. The first-order valence-electron chi connectivity index (χ1n) is 6.58. The number of likely N-dealkylation sites (tertiary alicyclic amines) is 1. The molecular weight excluding hydrogens is 214 g/mol. The van der Waals surface area contributed by atoms with Gasteiger partial charge in [-0.1, -0.05) is 34.6 Å². The summed E-state index contributed by atoms with van der Waals surface area (Å²) >= 11 is 4.53. The number of rotatable bonds is 3. The molecule has 96 valence electrons. The minimum Gasteiger partial charge on any atom is -0.302 e. The topological polar surface area (TPSA) is 3.24 Å². The van der Waals surface area contributed by atoms with Crippen molar-refractivity contribution in [2.75, 3.05) is 25.4 Å². The highest BCUT2D eigenvalue weighted by Crippen LogP contribution is 2.32. The van der Waals surface area contributed by atoms with Gasteiger partial charge >= 0.3 is 0 Å². The Balaban J connectivity index is 2.52. The summed E-state index contributed by atoms with van der Waals surface area (Å²) in [5.41, 5.74) is 0.890. The van der Waals surface area contributed by atoms with Gasteiger partial charge in [0.05, 0.1) is 0 Å². The molecular formula is C14H29NS. The molecule has 1 atom stereocenters. The van der Waals surface area contributed by atoms with Crippen LogP contribution in [0.5, 0.6) is 0 Å². The largest absolute Gasteiger partial charge is 0.302 e. The van der Waals surface area contributed by atoms with Crippen LogP contribution in [0.3, 0.4) is 0 Å². The lowest BCUT2D eigenvalue weighted by molar-refractivity contribution is 0.0821. The van der Waals surface area contributed by atoms with Gasteiger partial charge in [0.15, 0.2) is 0 Å². The lowest BCUT2D eigenvalue weighted by Gasteiger charge is -2.42. The van der Waals surface area contributed by atoms with Crippen molar-refractivity contribution in [3.8, 4) is 0 Å². The predicted molar refractivity (Wildman–Crippen MR) is 76.3 cm³/mol. The molecule has 0 spiro atoms. The third-order valence-electron chi connectivity index (χ3n) is 3.90. The number of nitrogens with zero attached hydrogens (tertiary/aromatic N) is 1. The van der Waals surface area contributed by atoms with E-state index in [9.17, 15) is 0 Å². The van der Waals surface area contributed by atoms with E-state index in [4.69, 9.17) is 0 Å². The van der Waals surface area contributed by atoms with Crippen molar-refractivity contribution in [1.82, 2.24) is 4.90 Å². The lowest BCUT2D eigenvalue weighted by Crippen LogP contribution is -2.44. The van der Waals surface area contributed by atoms with Crippen LogP contribution in [0.4, 0.5) is 0 Å². The normalized spacial score (nSPS) is 24.4. The standard InChI is InChI=1S/C14H29NS/c1-13(2,3)12(10-16)9-15-8-6-7-14(4,5)11-15/h12,16H,6-11H2,1-5H3. The van der Waals surface area contributed by atoms with Gasteiger partial charge < -0.3 is 4.90 Å². The van der Waals surface area contributed by atoms with Crippen LogP contribution >= 0.6 is 12.6 Å². The predicted octanol–water partition coefficient (Wildman–Crippen LogP) is 3.70. The zero-order valence-electron chi connectivity index (χ0n) is 11.7. The van der Waals surface area contributed by atoms with Crippen LogP contribution in [0.25, 0.3) is 0 Å². The molecule has 0 saturated carbocycles. The zero-order chi connectivity index (χ0) is 12.4. The van der Waals surface area contributed by atoms with Gasteiger partial charge in [0.2, 0.25) is 0 Å². The number of piperidine rings is 1. The number of hydrogen-bond donors (Lipinski definition) is 1. The Labute approximate surface area is 107 Å². The second kappa shape index (κ2) is 5.30. The van der Waals surface area contributed by atoms with Crippen LogP contribution in [-0.2, 0) is 0 Å². The molecule has 0 aromatic rings. The molecule has 16 heavy (non-hydrogen) atoms. The van der Waals surface area contributed by atoms with E-state index in [2.05, 4.69) is 52.1 Å². The summed E-state index contributed by atoms with van der Waals surface area (Å²) < 4.78 is 0. The summed E-state index contributed by atoms with van der Waals surface area (Å²) in [6.45, 7) is 15.6. The molecule has 1 aliphatic rings. The van der Waals surface area contributed by atoms with Gasteiger partial charge in [0, 0.05) is 13.1 Å². The number of hydrogen-bond acceptors (Lipinski definition) is 2. The average Bonchev–Trinajstić information content (AvgIpc) is 2.10. The molecule has 1 aliphatic heterocycles. The Hall–Kier alpha value is 0.310. The van der Waals surface area contributed by atoms with Gasteiger partial charge in [-0.05, 0) is 41.9 Å². The SMILES string of the molecule is CC1(C)CCCN(CC(CS)C(C)(C)C)C1. The van der Waals surface area contributed by atoms with Crippen LogP contribution in [0.15, 0.2) is 0 Å². The molecule has 0 aromatic carbocycles. The van der Waals surface area contributed by atoms with E-state index in [1.165, 1.54) is 32.5 Å². The molecule has 1 heterocycles. The second-order valence-electron chi connectivity index (χ2n) is 7.25. The fourth-order valence-corrected chi connectivity index (χ4v) is 3.28. The quantitative estimate of drug-likeness (QED) is 0.740. The highest BCUT2D eigenvalue weighted by atomic mass is 32.1. The Bertz CT molecular complexity index is 217. The highest BCUT2D eigenvalue weighted by Gasteiger charge is 2.30. The van der Waals surface area contributed by atoms with Crippen molar-refractivity contribution in [2.24, 2.45) is 16.7 Å². The van der Waals surface area contributed by atoms with E-state index in [1.807, 2.05) is 0 Å². The van der Waals surface area contributed by atoms with E-state index in [0.717, 1.165) is 5.75 Å². The Morgan fingerprint density at radius 1 is 1.31 bits per heavy atom. The van der Waals surface area contributed by atoms with Gasteiger partial charge in [-0.2, -0.15) is 12.6 Å². The molecule has 1 rings (SSSR count). The first-order valence-corrected chi connectivity index (χ1v) is 7.21. The monoisotopic (exact) mass is 243 g/mol. The summed E-state index contributed by atoms with van der Waals surface area (Å²) in [7, 11) is 0. The van der Waals surface area contributed by atoms with E-state index in [1.54, 1.807) is 0 Å². The lowest BCUT2D eigenvalue weighted by atomic mass is 9.79. The second-order valence-corrected chi connectivity index (χ2v) is 7.61. The smallest absolute Gasteiger partial charge is 0.00328 e. The van der Waals surface area contributed by atoms with Crippen LogP contribution in [0.2, 0.25) is 0 Å². The van der Waals surface area contributed by atoms with Crippen molar-refractivity contribution in [1.29, 1.82) is 0 Å². The summed E-state index contributed by atoms with van der Waals surface area (Å²) in [5.74, 6) is 1.70. The Morgan fingerprint density at radius 3 is 2.38 bits per heavy atom. The van der Waals surface area contributed by atoms with Crippen molar-refractivity contribution < 1.29 is 0 Å². The molecule has 1 fully saturated rings. The molecule has 1 nitrogen and oxygen atoms in total. The van der Waals surface area contributed by atoms with Gasteiger partial charge in [-0.25, -0.2) is 0 Å². The summed E-state index contributed by atoms with van der Waals surface area (Å²) in [6.07, 6.45) is 2.74. The molecule has 0 N–H and O–H groups in total. The number of thiol groups is 1. The molecule has 0 amide bonds. The van der Waals surface area contributed by atoms with Crippen LogP contribution in [0, 0.1) is 16.7 Å². The minimum absolute atomic E-state index is 0.378. The third-order valence-corrected chi connectivity index (χ3v) is 4.34. The van der Waals surface area contributed by atoms with Crippen molar-refractivity contribution in [3.05, 3.63) is 0 Å². The summed E-state index contributed by atoms with van der Waals surface area (Å²) in [4.78, 5) is 2.65. The summed E-state index contributed by atoms with van der Waals surface area (Å²) in [5, 5.41) is 0. The van der Waals surface area contributed by atoms with E-state index < -0.39 is 0 Å². The first kappa shape index (κ1) is 14.4. The average molecular weight is 243 g/mol. The van der Waals surface area contributed by atoms with E-state index >= 15 is 0 Å². The summed E-state index contributed by atoms with van der Waals surface area (Å²) in [6, 6.07) is 0. The van der Waals surface area contributed by atoms with Crippen molar-refractivity contribution in [2.45, 2.75) is 47.5 Å². The third kappa shape index (κ3) is 4.29. The van der Waals surface area contributed by atoms with Gasteiger partial charge in [-0.15, -0.1) is 0 Å². The van der Waals surface area contributed by atoms with E-state index in [-0.39, 0.29) is 0 Å². The minimum atomic E-state index is 0.378. The van der Waals surface area contributed by atoms with E-state index in [0.29, 0.717) is 16.7 Å². The first-order chi connectivity index (χ1) is 7.24. The Morgan fingerprint density at radius 2 is 1.94 bits per heavy atom. The molecule has 0 aromatic heterocycles. The molecule has 0 radical (unpaired) electrons. The molecule has 2 heteroatoms. The fourth-order valence-electron chi connectivity index (χ4n) is 2.62. The zero-order valence-corrected chi connectivity index (χ0v) is 12.6. The maximum Gasteiger partial charge on any atom is 0.00328 e. The molecule has 1 saturated heterocycles. The van der Waals surface area contributed by atoms with Gasteiger partial charge in [0.1, 0.15) is 0 Å².